The van der Waals surface area contributed by atoms with Crippen LogP contribution in [0.5, 0.6) is 0 Å². The molecule has 0 bridgehead atoms. The Kier molecular flexibility index (Phi) is 3.22. The summed E-state index contributed by atoms with van der Waals surface area (Å²) in [5.74, 6) is 0.543. The van der Waals surface area contributed by atoms with Gasteiger partial charge in [0, 0.05) is 23.1 Å². The Morgan fingerprint density at radius 1 is 0.926 bits per heavy atom. The molecule has 0 spiro atoms. The van der Waals surface area contributed by atoms with Crippen molar-refractivity contribution in [1.82, 2.24) is 4.98 Å². The highest BCUT2D eigenvalue weighted by Gasteiger charge is 2.33. The van der Waals surface area contributed by atoms with Crippen molar-refractivity contribution in [3.8, 4) is 0 Å². The van der Waals surface area contributed by atoms with Crippen molar-refractivity contribution in [3.63, 3.8) is 0 Å². The van der Waals surface area contributed by atoms with Gasteiger partial charge in [-0.25, -0.2) is 0 Å². The molecule has 0 saturated heterocycles. The van der Waals surface area contributed by atoms with E-state index in [-0.39, 0.29) is 23.1 Å². The summed E-state index contributed by atoms with van der Waals surface area (Å²) < 4.78 is 11.3. The maximum absolute atomic E-state index is 12.8. The number of ketones is 2. The lowest BCUT2D eigenvalue weighted by Crippen LogP contribution is -1.99. The number of nitrogens with zero attached hydrogens (tertiary/aromatic N) is 1. The maximum atomic E-state index is 12.8. The Labute approximate surface area is 154 Å². The first-order valence-electron chi connectivity index (χ1n) is 8.75. The number of aromatic nitrogens is 1. The summed E-state index contributed by atoms with van der Waals surface area (Å²) in [6.07, 6.45) is 1.47. The fourth-order valence-electron chi connectivity index (χ4n) is 3.37. The minimum atomic E-state index is -0.287. The van der Waals surface area contributed by atoms with Gasteiger partial charge in [0.1, 0.15) is 5.76 Å². The molecular weight excluding hydrogens is 342 g/mol. The van der Waals surface area contributed by atoms with Gasteiger partial charge in [-0.15, -0.1) is 0 Å². The minimum absolute atomic E-state index is 0.0980. The average Bonchev–Trinajstić information content (AvgIpc) is 3.28. The third kappa shape index (κ3) is 2.35. The topological polar surface area (TPSA) is 73.3 Å². The number of carbonyl (C=O) groups excluding carboxylic acids is 2. The van der Waals surface area contributed by atoms with Crippen LogP contribution in [0.3, 0.4) is 0 Å². The van der Waals surface area contributed by atoms with E-state index in [1.54, 1.807) is 18.2 Å². The fourth-order valence-corrected chi connectivity index (χ4v) is 3.37. The molecule has 1 aliphatic rings. The summed E-state index contributed by atoms with van der Waals surface area (Å²) in [7, 11) is 0. The van der Waals surface area contributed by atoms with Crippen LogP contribution in [0, 0.1) is 0 Å². The molecule has 132 valence electrons. The first-order valence-corrected chi connectivity index (χ1v) is 8.75. The van der Waals surface area contributed by atoms with E-state index in [9.17, 15) is 9.59 Å². The summed E-state index contributed by atoms with van der Waals surface area (Å²) in [6.45, 7) is 3.95. The summed E-state index contributed by atoms with van der Waals surface area (Å²) in [5, 5.41) is 1.86. The van der Waals surface area contributed by atoms with Crippen LogP contribution in [0.1, 0.15) is 52.1 Å². The lowest BCUT2D eigenvalue weighted by molar-refractivity contribution is 0.0990. The minimum Gasteiger partial charge on any atom is -0.437 e. The third-order valence-corrected chi connectivity index (χ3v) is 4.77. The summed E-state index contributed by atoms with van der Waals surface area (Å²) in [5.41, 5.74) is 1.83. The van der Waals surface area contributed by atoms with Crippen molar-refractivity contribution in [1.29, 1.82) is 0 Å². The molecular formula is C22H15NO4. The highest BCUT2D eigenvalue weighted by atomic mass is 16.4. The van der Waals surface area contributed by atoms with Gasteiger partial charge in [-0.05, 0) is 29.0 Å². The molecule has 0 unspecified atom stereocenters. The molecule has 2 heterocycles. The second-order valence-electron chi connectivity index (χ2n) is 6.99. The Bertz CT molecular complexity index is 1200. The lowest BCUT2D eigenvalue weighted by Gasteiger charge is -2.00. The molecule has 2 aromatic carbocycles. The SMILES string of the molecule is CC(C)c1nc2oc(C=C3C(=O)c4cc5ccccc5cc4C3=O)cc2o1. The predicted molar refractivity (Wildman–Crippen MR) is 101 cm³/mol. The van der Waals surface area contributed by atoms with Crippen molar-refractivity contribution < 1.29 is 18.4 Å². The van der Waals surface area contributed by atoms with Gasteiger partial charge in [0.05, 0.1) is 5.57 Å². The van der Waals surface area contributed by atoms with E-state index in [1.807, 2.05) is 38.1 Å². The monoisotopic (exact) mass is 357 g/mol. The Morgan fingerprint density at radius 3 is 2.11 bits per heavy atom. The second-order valence-corrected chi connectivity index (χ2v) is 6.99. The molecule has 5 nitrogen and oxygen atoms in total. The van der Waals surface area contributed by atoms with Gasteiger partial charge in [0.15, 0.2) is 17.1 Å². The molecule has 2 aromatic heterocycles. The standard InChI is InChI=1S/C22H15NO4/c1-11(2)21-23-22-18(27-21)10-14(26-22)9-17-19(24)15-7-12-5-3-4-6-13(12)8-16(15)20(17)25/h3-11H,1-2H3. The molecule has 27 heavy (non-hydrogen) atoms. The smallest absolute Gasteiger partial charge is 0.266 e. The van der Waals surface area contributed by atoms with Crippen LogP contribution in [0.2, 0.25) is 0 Å². The lowest BCUT2D eigenvalue weighted by atomic mass is 10.0. The van der Waals surface area contributed by atoms with Crippen LogP contribution in [-0.2, 0) is 0 Å². The number of benzene rings is 2. The Balaban J connectivity index is 1.58. The number of furan rings is 1. The van der Waals surface area contributed by atoms with Gasteiger partial charge in [0.25, 0.3) is 5.71 Å². The number of hydrogen-bond acceptors (Lipinski definition) is 5. The van der Waals surface area contributed by atoms with E-state index in [0.717, 1.165) is 10.8 Å². The molecule has 0 N–H and O–H groups in total. The Morgan fingerprint density at radius 2 is 1.56 bits per heavy atom. The number of fused-ring (bicyclic) bond motifs is 3. The largest absolute Gasteiger partial charge is 0.437 e. The molecule has 5 rings (SSSR count). The van der Waals surface area contributed by atoms with Crippen molar-refractivity contribution in [2.45, 2.75) is 19.8 Å². The van der Waals surface area contributed by atoms with Gasteiger partial charge >= 0.3 is 0 Å². The van der Waals surface area contributed by atoms with Crippen molar-refractivity contribution >= 4 is 39.7 Å². The number of rotatable bonds is 2. The van der Waals surface area contributed by atoms with E-state index in [1.165, 1.54) is 6.08 Å². The summed E-state index contributed by atoms with van der Waals surface area (Å²) in [4.78, 5) is 29.9. The maximum Gasteiger partial charge on any atom is 0.266 e. The molecule has 1 aliphatic carbocycles. The molecule has 0 fully saturated rings. The first-order chi connectivity index (χ1) is 13.0. The molecule has 0 saturated carbocycles. The summed E-state index contributed by atoms with van der Waals surface area (Å²) in [6, 6.07) is 12.9. The fraction of sp³-hybridized carbons (Fsp3) is 0.136. The van der Waals surface area contributed by atoms with Gasteiger partial charge in [-0.2, -0.15) is 4.98 Å². The Hall–Kier alpha value is -3.47. The third-order valence-electron chi connectivity index (χ3n) is 4.77. The zero-order valence-corrected chi connectivity index (χ0v) is 14.8. The molecule has 4 aromatic rings. The summed E-state index contributed by atoms with van der Waals surface area (Å²) >= 11 is 0. The van der Waals surface area contributed by atoms with Crippen LogP contribution >= 0.6 is 0 Å². The number of Topliss-reactive ketones (excluding diaryl/α,β-unsaturated/α-hetero) is 2. The normalized spacial score (nSPS) is 14.0. The van der Waals surface area contributed by atoms with Crippen molar-refractivity contribution in [3.05, 3.63) is 70.8 Å². The highest BCUT2D eigenvalue weighted by Crippen LogP contribution is 2.32. The molecule has 0 atom stereocenters. The molecule has 0 amide bonds. The van der Waals surface area contributed by atoms with Crippen LogP contribution in [0.4, 0.5) is 0 Å². The van der Waals surface area contributed by atoms with Gasteiger partial charge < -0.3 is 8.83 Å². The zero-order chi connectivity index (χ0) is 18.7. The van der Waals surface area contributed by atoms with Crippen molar-refractivity contribution in [2.75, 3.05) is 0 Å². The quantitative estimate of drug-likeness (QED) is 0.366. The predicted octanol–water partition coefficient (Wildman–Crippen LogP) is 5.16. The van der Waals surface area contributed by atoms with E-state index in [0.29, 0.717) is 34.1 Å². The van der Waals surface area contributed by atoms with E-state index < -0.39 is 0 Å². The van der Waals surface area contributed by atoms with Gasteiger partial charge in [-0.1, -0.05) is 38.1 Å². The molecule has 0 aliphatic heterocycles. The number of hydrogen-bond donors (Lipinski definition) is 0. The highest BCUT2D eigenvalue weighted by molar-refractivity contribution is 6.42. The molecule has 5 heteroatoms. The number of carbonyl (C=O) groups is 2. The van der Waals surface area contributed by atoms with E-state index in [4.69, 9.17) is 8.83 Å². The number of oxazole rings is 1. The average molecular weight is 357 g/mol. The first kappa shape index (κ1) is 15.8. The van der Waals surface area contributed by atoms with Gasteiger partial charge in [-0.3, -0.25) is 9.59 Å². The zero-order valence-electron chi connectivity index (χ0n) is 14.8. The van der Waals surface area contributed by atoms with E-state index in [2.05, 4.69) is 4.98 Å². The van der Waals surface area contributed by atoms with Crippen LogP contribution in [0.15, 0.2) is 56.9 Å². The van der Waals surface area contributed by atoms with Gasteiger partial charge in [0.2, 0.25) is 5.89 Å². The van der Waals surface area contributed by atoms with Crippen LogP contribution < -0.4 is 0 Å². The number of allylic oxidation sites excluding steroid dienone is 1. The second kappa shape index (κ2) is 5.51. The van der Waals surface area contributed by atoms with Crippen LogP contribution in [0.25, 0.3) is 28.1 Å². The van der Waals surface area contributed by atoms with E-state index >= 15 is 0 Å². The molecule has 0 radical (unpaired) electrons. The van der Waals surface area contributed by atoms with Crippen LogP contribution in [-0.4, -0.2) is 16.6 Å². The van der Waals surface area contributed by atoms with Crippen molar-refractivity contribution in [2.24, 2.45) is 0 Å².